The number of carbonyl (C=O) groups is 4. The molecule has 0 spiro atoms. The van der Waals surface area contributed by atoms with E-state index >= 15 is 0 Å². The van der Waals surface area contributed by atoms with Crippen LogP contribution in [-0.2, 0) is 40.1 Å². The van der Waals surface area contributed by atoms with Gasteiger partial charge in [-0.2, -0.15) is 45.3 Å². The number of nitrogens with zero attached hydrogens (tertiary/aromatic N) is 8. The minimum absolute atomic E-state index is 0. The van der Waals surface area contributed by atoms with Crippen molar-refractivity contribution in [2.24, 2.45) is 0 Å². The molecule has 0 aliphatic carbocycles. The molecule has 0 unspecified atom stereocenters. The fourth-order valence-corrected chi connectivity index (χ4v) is 13.3. The molecule has 36 heteroatoms. The molecule has 0 radical (unpaired) electrons. The van der Waals surface area contributed by atoms with Crippen LogP contribution in [0.2, 0.25) is 0 Å². The molecule has 0 aliphatic heterocycles. The smallest absolute Gasteiger partial charge is 0.433 e. The molecule has 0 atom stereocenters. The molecule has 4 aromatic heterocycles. The van der Waals surface area contributed by atoms with Crippen LogP contribution in [0.4, 0.5) is 43.3 Å². The van der Waals surface area contributed by atoms with Crippen molar-refractivity contribution in [3.63, 3.8) is 0 Å². The molecule has 0 fully saturated rings. The summed E-state index contributed by atoms with van der Waals surface area (Å²) in [6.07, 6.45) is 5.50. The van der Waals surface area contributed by atoms with Crippen molar-refractivity contribution in [1.82, 2.24) is 19.9 Å². The molecule has 5 aromatic carbocycles. The van der Waals surface area contributed by atoms with E-state index in [1.165, 1.54) is 94.8 Å². The summed E-state index contributed by atoms with van der Waals surface area (Å²) in [5.74, 6) is -4.25. The van der Waals surface area contributed by atoms with Crippen LogP contribution in [0.1, 0.15) is 41.4 Å². The minimum atomic E-state index is -4.25. The maximum absolute atomic E-state index is 14.5. The summed E-state index contributed by atoms with van der Waals surface area (Å²) in [5, 5.41) is 16.3. The molecule has 0 saturated carbocycles. The number of amides is 4. The first-order chi connectivity index (χ1) is 37.2. The van der Waals surface area contributed by atoms with Crippen molar-refractivity contribution in [2.75, 3.05) is 21.3 Å². The van der Waals surface area contributed by atoms with E-state index in [0.717, 1.165) is 106 Å². The van der Waals surface area contributed by atoms with Crippen LogP contribution in [0.5, 0.6) is 0 Å². The van der Waals surface area contributed by atoms with Gasteiger partial charge >= 0.3 is 118 Å². The number of nitrogens with one attached hydrogen (secondary N) is 4. The first kappa shape index (κ1) is 68.3. The first-order valence-corrected chi connectivity index (χ1v) is 30.8. The number of carbonyl (C=O) groups excluding carboxylic acids is 4. The number of thiazole rings is 4. The fourth-order valence-electron chi connectivity index (χ4n) is 6.65. The summed E-state index contributed by atoms with van der Waals surface area (Å²) in [4.78, 5) is 72.2. The van der Waals surface area contributed by atoms with E-state index in [1.807, 2.05) is 0 Å². The minimum Gasteiger partial charge on any atom is -0.433 e. The van der Waals surface area contributed by atoms with Crippen LogP contribution in [0, 0.1) is 0 Å². The Morgan fingerprint density at radius 3 is 0.659 bits per heavy atom. The number of hydrogen-bond donors (Lipinski definition) is 4. The Labute approximate surface area is 573 Å². The normalized spacial score (nSPS) is 11.1. The standard InChI is InChI=1S/C46H34N12O12S8.4Na/c59-39(51-27-1-9-31(10-2-27)75(63,64)55-43-47-17-21-71-43)35-25-37(41(61)53-29-5-13-33(14-6-29)77(67,68)57-45-49-19-23-73-45)38(42(62)54-30-7-15-34(16-8-30)78(69,70)58-46-50-20-24-74-46)26-36(35)40(60)52-28-3-11-32(12-4-28)76(65,66)56-44-48-18-22-72-44;;;;/h1-26H,(H8,47,48,49,50,51,52,53,54,55,56,57,58,59,60,61,62);;;;/q;4*+1/p-4. The summed E-state index contributed by atoms with van der Waals surface area (Å²) in [5.41, 5.74) is -2.15. The molecule has 82 heavy (non-hydrogen) atoms. The molecule has 4 amide bonds. The third kappa shape index (κ3) is 17.3. The van der Waals surface area contributed by atoms with Crippen molar-refractivity contribution in [3.8, 4) is 0 Å². The summed E-state index contributed by atoms with van der Waals surface area (Å²) in [7, 11) is -17.0. The Morgan fingerprint density at radius 2 is 0.500 bits per heavy atom. The molecule has 0 aliphatic rings. The topological polar surface area (TPSA) is 361 Å². The molecule has 0 bridgehead atoms. The quantitative estimate of drug-likeness (QED) is 0.0607. The van der Waals surface area contributed by atoms with Gasteiger partial charge in [0, 0.05) is 43.3 Å². The molecular formula is C46H30N12Na4O12S8. The molecule has 398 valence electrons. The second-order valence-corrected chi connectivity index (χ2v) is 25.3. The molecule has 4 N–H and O–H groups in total. The van der Waals surface area contributed by atoms with E-state index in [1.54, 1.807) is 0 Å². The third-order valence-corrected chi connectivity index (χ3v) is 18.5. The van der Waals surface area contributed by atoms with E-state index in [9.17, 15) is 52.8 Å². The van der Waals surface area contributed by atoms with Crippen LogP contribution in [0.3, 0.4) is 0 Å². The Bertz CT molecular complexity index is 3620. The van der Waals surface area contributed by atoms with Gasteiger partial charge in [-0.1, -0.05) is 24.8 Å². The summed E-state index contributed by atoms with van der Waals surface area (Å²) >= 11 is 3.95. The van der Waals surface area contributed by atoms with Crippen LogP contribution in [-0.4, -0.2) is 77.2 Å². The molecule has 0 saturated heterocycles. The van der Waals surface area contributed by atoms with Gasteiger partial charge in [-0.15, -0.1) is 0 Å². The molecule has 9 rings (SSSR count). The van der Waals surface area contributed by atoms with Gasteiger partial charge in [0.25, 0.3) is 23.6 Å². The number of benzene rings is 5. The fraction of sp³-hybridized carbons (Fsp3) is 0. The van der Waals surface area contributed by atoms with Crippen molar-refractivity contribution in [2.45, 2.75) is 19.6 Å². The van der Waals surface area contributed by atoms with Crippen LogP contribution in [0.15, 0.2) is 175 Å². The number of sulfonamides is 4. The van der Waals surface area contributed by atoms with Crippen molar-refractivity contribution in [1.29, 1.82) is 0 Å². The Hall–Kier alpha value is -4.50. The predicted molar refractivity (Wildman–Crippen MR) is 293 cm³/mol. The van der Waals surface area contributed by atoms with Gasteiger partial charge in [0.2, 0.25) is 40.1 Å². The van der Waals surface area contributed by atoms with Gasteiger partial charge in [-0.3, -0.25) is 19.2 Å². The number of rotatable bonds is 20. The van der Waals surface area contributed by atoms with E-state index < -0.39 is 86.0 Å². The largest absolute Gasteiger partial charge is 1.00 e. The SMILES string of the molecule is O=C(Nc1ccc(S(=O)(=O)[N-]c2nccs2)cc1)c1cc(C(=O)Nc2ccc(S(=O)(=O)[N-]c3nccs3)cc2)c(C(=O)Nc2ccc(S(=O)(=O)[N-]c3nccs3)cc2)cc1C(=O)Nc1ccc(S(=O)(=O)[N-]c2nccs2)cc1.[Na+].[Na+].[Na+].[Na+]. The van der Waals surface area contributed by atoms with Gasteiger partial charge in [0.05, 0.1) is 41.8 Å². The maximum Gasteiger partial charge on any atom is 1.00 e. The average molecular weight is 1290 g/mol. The Balaban J connectivity index is 0.00000308. The van der Waals surface area contributed by atoms with Crippen molar-refractivity contribution < 1.29 is 171 Å². The van der Waals surface area contributed by atoms with Gasteiger partial charge in [-0.05, 0) is 131 Å². The first-order valence-electron chi connectivity index (χ1n) is 21.6. The third-order valence-electron chi connectivity index (χ3n) is 10.2. The Morgan fingerprint density at radius 1 is 0.317 bits per heavy atom. The number of hydrogen-bond acceptors (Lipinski definition) is 20. The van der Waals surface area contributed by atoms with E-state index in [0.29, 0.717) is 0 Å². The molecule has 24 nitrogen and oxygen atoms in total. The Kier molecular flexibility index (Phi) is 24.6. The average Bonchev–Trinajstić information content (AvgIpc) is 4.33. The van der Waals surface area contributed by atoms with Crippen LogP contribution < -0.4 is 139 Å². The van der Waals surface area contributed by atoms with Crippen molar-refractivity contribution >= 4 is 152 Å². The monoisotopic (exact) mass is 1290 g/mol. The van der Waals surface area contributed by atoms with E-state index in [4.69, 9.17) is 0 Å². The van der Waals surface area contributed by atoms with Gasteiger partial charge in [0.15, 0.2) is 0 Å². The summed E-state index contributed by atoms with van der Waals surface area (Å²) < 4.78 is 119. The second-order valence-electron chi connectivity index (χ2n) is 15.4. The van der Waals surface area contributed by atoms with E-state index in [2.05, 4.69) is 60.1 Å². The molecule has 4 heterocycles. The second kappa shape index (κ2) is 29.5. The number of anilines is 4. The number of aromatic nitrogens is 4. The zero-order valence-corrected chi connectivity index (χ0v) is 57.3. The van der Waals surface area contributed by atoms with Gasteiger partial charge in [-0.25, -0.2) is 33.7 Å². The van der Waals surface area contributed by atoms with Crippen molar-refractivity contribution in [3.05, 3.63) is 197 Å². The zero-order valence-electron chi connectivity index (χ0n) is 42.8. The summed E-state index contributed by atoms with van der Waals surface area (Å²) in [6.45, 7) is 0. The summed E-state index contributed by atoms with van der Waals surface area (Å²) in [6, 6.07) is 20.9. The van der Waals surface area contributed by atoms with Crippen LogP contribution in [0.25, 0.3) is 18.9 Å². The van der Waals surface area contributed by atoms with Crippen LogP contribution >= 0.6 is 45.3 Å². The van der Waals surface area contributed by atoms with E-state index in [-0.39, 0.29) is 181 Å². The van der Waals surface area contributed by atoms with Gasteiger partial charge < -0.3 is 60.1 Å². The zero-order chi connectivity index (χ0) is 55.2. The maximum atomic E-state index is 14.5. The molecule has 9 aromatic rings. The molecular weight excluding hydrogens is 1260 g/mol. The van der Waals surface area contributed by atoms with Gasteiger partial charge in [0.1, 0.15) is 0 Å². The predicted octanol–water partition coefficient (Wildman–Crippen LogP) is -1.89.